The number of rotatable bonds is 5. The second-order valence-corrected chi connectivity index (χ2v) is 6.13. The Kier molecular flexibility index (Phi) is 5.26. The molecule has 0 bridgehead atoms. The fourth-order valence-electron chi connectivity index (χ4n) is 2.08. The fourth-order valence-corrected chi connectivity index (χ4v) is 2.86. The number of aliphatic hydroxyl groups excluding tert-OH is 1. The average molecular weight is 325 g/mol. The molecule has 0 aliphatic rings. The van der Waals surface area contributed by atoms with E-state index in [2.05, 4.69) is 5.32 Å². The largest absolute Gasteiger partial charge is 0.386 e. The summed E-state index contributed by atoms with van der Waals surface area (Å²) >= 11 is 1.48. The van der Waals surface area contributed by atoms with Gasteiger partial charge in [0, 0.05) is 4.88 Å². The van der Waals surface area contributed by atoms with Crippen molar-refractivity contribution in [3.05, 3.63) is 57.8 Å². The van der Waals surface area contributed by atoms with Crippen LogP contribution in [0.3, 0.4) is 0 Å². The first kappa shape index (κ1) is 16.6. The third-order valence-electron chi connectivity index (χ3n) is 3.49. The topological polar surface area (TPSA) is 49.3 Å². The molecule has 2 N–H and O–H groups in total. The Morgan fingerprint density at radius 3 is 2.55 bits per heavy atom. The number of nitrogens with one attached hydrogen (secondary N) is 1. The van der Waals surface area contributed by atoms with Crippen molar-refractivity contribution in [1.29, 1.82) is 0 Å². The molecule has 0 fully saturated rings. The third-order valence-corrected chi connectivity index (χ3v) is 4.55. The SMILES string of the molecule is CC(C(=O)NC(C)C(O)c1ccc(F)c(F)c1)c1cccs1. The van der Waals surface area contributed by atoms with Gasteiger partial charge >= 0.3 is 0 Å². The fraction of sp³-hybridized carbons (Fsp3) is 0.312. The van der Waals surface area contributed by atoms with E-state index >= 15 is 0 Å². The van der Waals surface area contributed by atoms with Crippen molar-refractivity contribution in [3.63, 3.8) is 0 Å². The number of carbonyl (C=O) groups is 1. The molecule has 2 aromatic rings. The highest BCUT2D eigenvalue weighted by Gasteiger charge is 2.23. The monoisotopic (exact) mass is 325 g/mol. The maximum Gasteiger partial charge on any atom is 0.228 e. The second-order valence-electron chi connectivity index (χ2n) is 5.15. The van der Waals surface area contributed by atoms with Gasteiger partial charge in [0.1, 0.15) is 0 Å². The summed E-state index contributed by atoms with van der Waals surface area (Å²) < 4.78 is 26.1. The van der Waals surface area contributed by atoms with E-state index in [0.717, 1.165) is 17.0 Å². The maximum atomic E-state index is 13.2. The lowest BCUT2D eigenvalue weighted by Crippen LogP contribution is -2.39. The van der Waals surface area contributed by atoms with Crippen molar-refractivity contribution < 1.29 is 18.7 Å². The van der Waals surface area contributed by atoms with Gasteiger partial charge in [-0.05, 0) is 43.0 Å². The Morgan fingerprint density at radius 2 is 1.95 bits per heavy atom. The van der Waals surface area contributed by atoms with E-state index in [9.17, 15) is 18.7 Å². The van der Waals surface area contributed by atoms with Crippen LogP contribution < -0.4 is 5.32 Å². The van der Waals surface area contributed by atoms with E-state index in [1.807, 2.05) is 17.5 Å². The lowest BCUT2D eigenvalue weighted by Gasteiger charge is -2.22. The number of hydrogen-bond donors (Lipinski definition) is 2. The van der Waals surface area contributed by atoms with Crippen molar-refractivity contribution >= 4 is 17.2 Å². The van der Waals surface area contributed by atoms with Crippen LogP contribution in [0.4, 0.5) is 8.78 Å². The van der Waals surface area contributed by atoms with Crippen LogP contribution in [-0.2, 0) is 4.79 Å². The molecule has 6 heteroatoms. The third kappa shape index (κ3) is 3.69. The van der Waals surface area contributed by atoms with E-state index < -0.39 is 23.8 Å². The minimum absolute atomic E-state index is 0.218. The molecule has 0 aliphatic carbocycles. The Hall–Kier alpha value is -1.79. The first-order chi connectivity index (χ1) is 10.4. The molecular weight excluding hydrogens is 308 g/mol. The zero-order valence-corrected chi connectivity index (χ0v) is 13.0. The molecule has 2 rings (SSSR count). The standard InChI is InChI=1S/C16H17F2NO2S/c1-9(14-4-3-7-22-14)16(21)19-10(2)15(20)11-5-6-12(17)13(18)8-11/h3-10,15,20H,1-2H3,(H,19,21). The first-order valence-electron chi connectivity index (χ1n) is 6.87. The van der Waals surface area contributed by atoms with E-state index in [4.69, 9.17) is 0 Å². The predicted molar refractivity (Wildman–Crippen MR) is 81.7 cm³/mol. The van der Waals surface area contributed by atoms with E-state index in [1.54, 1.807) is 13.8 Å². The smallest absolute Gasteiger partial charge is 0.228 e. The highest BCUT2D eigenvalue weighted by atomic mass is 32.1. The van der Waals surface area contributed by atoms with Gasteiger partial charge in [-0.15, -0.1) is 11.3 Å². The minimum atomic E-state index is -1.12. The number of hydrogen-bond acceptors (Lipinski definition) is 3. The summed E-state index contributed by atoms with van der Waals surface area (Å²) in [6.45, 7) is 3.39. The quantitative estimate of drug-likeness (QED) is 0.885. The lowest BCUT2D eigenvalue weighted by atomic mass is 10.0. The van der Waals surface area contributed by atoms with E-state index in [1.165, 1.54) is 17.4 Å². The molecule has 1 aromatic heterocycles. The molecule has 1 aromatic carbocycles. The summed E-state index contributed by atoms with van der Waals surface area (Å²) in [4.78, 5) is 13.1. The van der Waals surface area contributed by atoms with Gasteiger partial charge in [0.2, 0.25) is 5.91 Å². The zero-order chi connectivity index (χ0) is 16.3. The van der Waals surface area contributed by atoms with Crippen LogP contribution in [0.1, 0.15) is 36.3 Å². The number of carbonyl (C=O) groups excluding carboxylic acids is 1. The molecule has 3 nitrogen and oxygen atoms in total. The minimum Gasteiger partial charge on any atom is -0.386 e. The summed E-state index contributed by atoms with van der Waals surface area (Å²) in [5, 5.41) is 14.8. The zero-order valence-electron chi connectivity index (χ0n) is 12.2. The van der Waals surface area contributed by atoms with Crippen LogP contribution in [0.5, 0.6) is 0 Å². The van der Waals surface area contributed by atoms with Crippen LogP contribution >= 0.6 is 11.3 Å². The molecule has 22 heavy (non-hydrogen) atoms. The van der Waals surface area contributed by atoms with Gasteiger partial charge in [-0.1, -0.05) is 12.1 Å². The van der Waals surface area contributed by atoms with E-state index in [0.29, 0.717) is 0 Å². The summed E-state index contributed by atoms with van der Waals surface area (Å²) in [6, 6.07) is 6.30. The van der Waals surface area contributed by atoms with Gasteiger partial charge in [0.05, 0.1) is 18.1 Å². The van der Waals surface area contributed by atoms with E-state index in [-0.39, 0.29) is 17.4 Å². The van der Waals surface area contributed by atoms with Crippen molar-refractivity contribution in [2.24, 2.45) is 0 Å². The average Bonchev–Trinajstić information content (AvgIpc) is 3.02. The van der Waals surface area contributed by atoms with Crippen LogP contribution in [0.15, 0.2) is 35.7 Å². The maximum absolute atomic E-state index is 13.2. The van der Waals surface area contributed by atoms with Crippen molar-refractivity contribution in [2.45, 2.75) is 31.9 Å². The number of aliphatic hydroxyl groups is 1. The van der Waals surface area contributed by atoms with Gasteiger partial charge in [0.25, 0.3) is 0 Å². The molecule has 1 amide bonds. The Labute approximate surface area is 131 Å². The lowest BCUT2D eigenvalue weighted by molar-refractivity contribution is -0.123. The summed E-state index contributed by atoms with van der Waals surface area (Å²) in [7, 11) is 0. The molecule has 3 atom stereocenters. The molecule has 0 spiro atoms. The number of amides is 1. The Morgan fingerprint density at radius 1 is 1.23 bits per heavy atom. The van der Waals surface area contributed by atoms with Crippen LogP contribution in [0, 0.1) is 11.6 Å². The van der Waals surface area contributed by atoms with Gasteiger partial charge in [-0.25, -0.2) is 8.78 Å². The van der Waals surface area contributed by atoms with Crippen molar-refractivity contribution in [1.82, 2.24) is 5.32 Å². The molecule has 0 saturated heterocycles. The number of thiophene rings is 1. The second kappa shape index (κ2) is 6.98. The highest BCUT2D eigenvalue weighted by Crippen LogP contribution is 2.23. The number of benzene rings is 1. The molecule has 3 unspecified atom stereocenters. The summed E-state index contributed by atoms with van der Waals surface area (Å²) in [5.74, 6) is -2.56. The van der Waals surface area contributed by atoms with Gasteiger partial charge in [-0.3, -0.25) is 4.79 Å². The number of halogens is 2. The molecular formula is C16H17F2NO2S. The molecule has 0 radical (unpaired) electrons. The Bertz CT molecular complexity index is 646. The van der Waals surface area contributed by atoms with Crippen molar-refractivity contribution in [2.75, 3.05) is 0 Å². The predicted octanol–water partition coefficient (Wildman–Crippen LogP) is 3.37. The van der Waals surface area contributed by atoms with Gasteiger partial charge < -0.3 is 10.4 Å². The first-order valence-corrected chi connectivity index (χ1v) is 7.75. The normalized spacial score (nSPS) is 15.1. The summed E-state index contributed by atoms with van der Waals surface area (Å²) in [5.41, 5.74) is 0.218. The van der Waals surface area contributed by atoms with Crippen LogP contribution in [-0.4, -0.2) is 17.1 Å². The Balaban J connectivity index is 2.03. The molecule has 118 valence electrons. The molecule has 0 saturated carbocycles. The molecule has 0 aliphatic heterocycles. The highest BCUT2D eigenvalue weighted by molar-refractivity contribution is 7.10. The van der Waals surface area contributed by atoms with Crippen LogP contribution in [0.2, 0.25) is 0 Å². The molecule has 1 heterocycles. The summed E-state index contributed by atoms with van der Waals surface area (Å²) in [6.07, 6.45) is -1.12. The van der Waals surface area contributed by atoms with Crippen molar-refractivity contribution in [3.8, 4) is 0 Å². The van der Waals surface area contributed by atoms with Gasteiger partial charge in [0.15, 0.2) is 11.6 Å². The van der Waals surface area contributed by atoms with Crippen LogP contribution in [0.25, 0.3) is 0 Å². The van der Waals surface area contributed by atoms with Gasteiger partial charge in [-0.2, -0.15) is 0 Å².